The lowest BCUT2D eigenvalue weighted by Crippen LogP contribution is -2.22. The number of halogens is 2. The van der Waals surface area contributed by atoms with Crippen LogP contribution in [-0.4, -0.2) is 23.6 Å². The van der Waals surface area contributed by atoms with Crippen LogP contribution in [0.25, 0.3) is 10.8 Å². The molecule has 0 saturated carbocycles. The second-order valence-corrected chi connectivity index (χ2v) is 5.44. The Kier molecular flexibility index (Phi) is 4.79. The van der Waals surface area contributed by atoms with Gasteiger partial charge < -0.3 is 15.2 Å². The Balaban J connectivity index is 1.69. The predicted molar refractivity (Wildman–Crippen MR) is 90.9 cm³/mol. The molecular formula is C19H13F2NO4. The van der Waals surface area contributed by atoms with Crippen molar-refractivity contribution in [3.8, 4) is 5.75 Å². The van der Waals surface area contributed by atoms with Crippen molar-refractivity contribution in [3.05, 3.63) is 71.8 Å². The first-order valence-corrected chi connectivity index (χ1v) is 7.58. The first-order chi connectivity index (χ1) is 12.5. The molecule has 3 aromatic rings. The van der Waals surface area contributed by atoms with Gasteiger partial charge in [0.1, 0.15) is 28.6 Å². The highest BCUT2D eigenvalue weighted by Crippen LogP contribution is 2.25. The lowest BCUT2D eigenvalue weighted by atomic mass is 10.1. The Morgan fingerprint density at radius 2 is 1.58 bits per heavy atom. The molecule has 2 N–H and O–H groups in total. The van der Waals surface area contributed by atoms with Crippen molar-refractivity contribution in [1.29, 1.82) is 0 Å². The fraction of sp³-hybridized carbons (Fsp3) is 0.0526. The van der Waals surface area contributed by atoms with Crippen LogP contribution in [0.5, 0.6) is 5.75 Å². The summed E-state index contributed by atoms with van der Waals surface area (Å²) in [5, 5.41) is 13.4. The third-order valence-corrected chi connectivity index (χ3v) is 3.65. The maximum atomic E-state index is 13.5. The molecule has 5 nitrogen and oxygen atoms in total. The van der Waals surface area contributed by atoms with Gasteiger partial charge in [0.25, 0.3) is 5.91 Å². The first kappa shape index (κ1) is 17.3. The summed E-state index contributed by atoms with van der Waals surface area (Å²) >= 11 is 0. The Hall–Kier alpha value is -3.48. The fourth-order valence-corrected chi connectivity index (χ4v) is 2.39. The van der Waals surface area contributed by atoms with Gasteiger partial charge in [-0.05, 0) is 35.0 Å². The van der Waals surface area contributed by atoms with Crippen molar-refractivity contribution in [2.45, 2.75) is 0 Å². The number of ether oxygens (including phenoxy) is 1. The van der Waals surface area contributed by atoms with Crippen LogP contribution in [0, 0.1) is 11.6 Å². The number of hydrogen-bond acceptors (Lipinski definition) is 4. The zero-order valence-corrected chi connectivity index (χ0v) is 13.3. The summed E-state index contributed by atoms with van der Waals surface area (Å²) in [5.74, 6) is -4.04. The van der Waals surface area contributed by atoms with Crippen LogP contribution in [0.15, 0.2) is 54.6 Å². The molecule has 0 aliphatic heterocycles. The van der Waals surface area contributed by atoms with Gasteiger partial charge in [-0.1, -0.05) is 30.3 Å². The minimum atomic E-state index is -0.947. The monoisotopic (exact) mass is 357 g/mol. The molecule has 26 heavy (non-hydrogen) atoms. The van der Waals surface area contributed by atoms with Crippen LogP contribution in [0.2, 0.25) is 0 Å². The minimum absolute atomic E-state index is 0.117. The molecule has 0 heterocycles. The molecule has 0 saturated heterocycles. The van der Waals surface area contributed by atoms with Gasteiger partial charge >= 0.3 is 5.97 Å². The number of phenolic OH excluding ortho intramolecular Hbond substituents is 1. The summed E-state index contributed by atoms with van der Waals surface area (Å²) < 4.78 is 31.8. The second-order valence-electron chi connectivity index (χ2n) is 5.44. The highest BCUT2D eigenvalue weighted by atomic mass is 19.1. The van der Waals surface area contributed by atoms with Gasteiger partial charge in [0, 0.05) is 0 Å². The molecule has 132 valence electrons. The third kappa shape index (κ3) is 3.61. The lowest BCUT2D eigenvalue weighted by Gasteiger charge is -2.09. The molecule has 7 heteroatoms. The van der Waals surface area contributed by atoms with E-state index < -0.39 is 35.8 Å². The standard InChI is InChI=1S/C19H13F2NO4/c20-14-6-3-7-15(21)18(14)22-17(24)10-26-19(25)13-8-11-4-1-2-5-12(11)9-16(13)23/h1-9,23H,10H2,(H,22,24). The number of anilines is 1. The molecule has 0 aromatic heterocycles. The van der Waals surface area contributed by atoms with Crippen LogP contribution >= 0.6 is 0 Å². The highest BCUT2D eigenvalue weighted by molar-refractivity contribution is 6.00. The summed E-state index contributed by atoms with van der Waals surface area (Å²) in [6.45, 7) is -0.765. The predicted octanol–water partition coefficient (Wildman–Crippen LogP) is 3.62. The molecule has 0 fully saturated rings. The molecule has 3 rings (SSSR count). The number of rotatable bonds is 4. The van der Waals surface area contributed by atoms with Crippen LogP contribution in [0.3, 0.4) is 0 Å². The number of benzene rings is 3. The van der Waals surface area contributed by atoms with Crippen molar-refractivity contribution in [1.82, 2.24) is 0 Å². The SMILES string of the molecule is O=C(COC(=O)c1cc2ccccc2cc1O)Nc1c(F)cccc1F. The number of para-hydroxylation sites is 1. The van der Waals surface area contributed by atoms with E-state index in [4.69, 9.17) is 4.74 Å². The molecule has 0 bridgehead atoms. The average molecular weight is 357 g/mol. The van der Waals surface area contributed by atoms with Crippen LogP contribution in [-0.2, 0) is 9.53 Å². The zero-order valence-electron chi connectivity index (χ0n) is 13.3. The van der Waals surface area contributed by atoms with Crippen molar-refractivity contribution >= 4 is 28.3 Å². The Morgan fingerprint density at radius 3 is 2.23 bits per heavy atom. The van der Waals surface area contributed by atoms with E-state index in [2.05, 4.69) is 0 Å². The van der Waals surface area contributed by atoms with Gasteiger partial charge in [0.2, 0.25) is 0 Å². The van der Waals surface area contributed by atoms with Gasteiger partial charge in [-0.15, -0.1) is 0 Å². The minimum Gasteiger partial charge on any atom is -0.507 e. The zero-order chi connectivity index (χ0) is 18.7. The smallest absolute Gasteiger partial charge is 0.342 e. The third-order valence-electron chi connectivity index (χ3n) is 3.65. The molecule has 0 spiro atoms. The van der Waals surface area contributed by atoms with Gasteiger partial charge in [0.05, 0.1) is 0 Å². The Labute approximate surface area is 146 Å². The Morgan fingerprint density at radius 1 is 0.962 bits per heavy atom. The molecule has 3 aromatic carbocycles. The topological polar surface area (TPSA) is 75.6 Å². The summed E-state index contributed by atoms with van der Waals surface area (Å²) in [4.78, 5) is 23.9. The maximum Gasteiger partial charge on any atom is 0.342 e. The van der Waals surface area contributed by atoms with Crippen molar-refractivity contribution in [2.24, 2.45) is 0 Å². The first-order valence-electron chi connectivity index (χ1n) is 7.58. The summed E-state index contributed by atoms with van der Waals surface area (Å²) in [7, 11) is 0. The number of carbonyl (C=O) groups excluding carboxylic acids is 2. The van der Waals surface area contributed by atoms with E-state index in [9.17, 15) is 23.5 Å². The van der Waals surface area contributed by atoms with E-state index in [-0.39, 0.29) is 11.3 Å². The van der Waals surface area contributed by atoms with Crippen LogP contribution < -0.4 is 5.32 Å². The number of esters is 1. The molecule has 1 amide bonds. The van der Waals surface area contributed by atoms with Gasteiger partial charge in [-0.25, -0.2) is 13.6 Å². The van der Waals surface area contributed by atoms with Crippen molar-refractivity contribution in [3.63, 3.8) is 0 Å². The van der Waals surface area contributed by atoms with Gasteiger partial charge in [-0.3, -0.25) is 4.79 Å². The van der Waals surface area contributed by atoms with E-state index in [0.29, 0.717) is 5.39 Å². The molecule has 0 aliphatic rings. The average Bonchev–Trinajstić information content (AvgIpc) is 2.62. The Bertz CT molecular complexity index is 984. The number of phenols is 1. The number of aromatic hydroxyl groups is 1. The molecular weight excluding hydrogens is 344 g/mol. The maximum absolute atomic E-state index is 13.5. The van der Waals surface area contributed by atoms with E-state index in [0.717, 1.165) is 23.6 Å². The van der Waals surface area contributed by atoms with E-state index in [1.807, 2.05) is 5.32 Å². The number of nitrogens with one attached hydrogen (secondary N) is 1. The number of fused-ring (bicyclic) bond motifs is 1. The highest BCUT2D eigenvalue weighted by Gasteiger charge is 2.17. The van der Waals surface area contributed by atoms with Crippen LogP contribution in [0.1, 0.15) is 10.4 Å². The summed E-state index contributed by atoms with van der Waals surface area (Å²) in [6.07, 6.45) is 0. The molecule has 0 radical (unpaired) electrons. The second kappa shape index (κ2) is 7.18. The van der Waals surface area contributed by atoms with Crippen molar-refractivity contribution in [2.75, 3.05) is 11.9 Å². The van der Waals surface area contributed by atoms with E-state index in [1.165, 1.54) is 12.1 Å². The van der Waals surface area contributed by atoms with Gasteiger partial charge in [0.15, 0.2) is 6.61 Å². The fourth-order valence-electron chi connectivity index (χ4n) is 2.39. The molecule has 0 unspecified atom stereocenters. The van der Waals surface area contributed by atoms with Crippen molar-refractivity contribution < 1.29 is 28.2 Å². The lowest BCUT2D eigenvalue weighted by molar-refractivity contribution is -0.119. The quantitative estimate of drug-likeness (QED) is 0.700. The van der Waals surface area contributed by atoms with E-state index in [1.54, 1.807) is 24.3 Å². The van der Waals surface area contributed by atoms with E-state index >= 15 is 0 Å². The summed E-state index contributed by atoms with van der Waals surface area (Å²) in [6, 6.07) is 13.0. The summed E-state index contributed by atoms with van der Waals surface area (Å²) in [5.41, 5.74) is -0.740. The van der Waals surface area contributed by atoms with Gasteiger partial charge in [-0.2, -0.15) is 0 Å². The number of hydrogen-bond donors (Lipinski definition) is 2. The normalized spacial score (nSPS) is 10.5. The molecule has 0 aliphatic carbocycles. The molecule has 0 atom stereocenters. The number of carbonyl (C=O) groups is 2. The van der Waals surface area contributed by atoms with Crippen LogP contribution in [0.4, 0.5) is 14.5 Å². The number of amides is 1. The largest absolute Gasteiger partial charge is 0.507 e.